The zero-order chi connectivity index (χ0) is 20.1. The van der Waals surface area contributed by atoms with Gasteiger partial charge >= 0.3 is 5.63 Å². The Morgan fingerprint density at radius 2 is 1.90 bits per heavy atom. The standard InChI is InChI=1S/C23H23NO5/c1-13-21-14(9-18-16-5-4-6-17(16)23(25)29-22(13)18)11-24(12-28-21)19-10-15(26-2)7-8-20(19)27-3/h7-10H,4-6,11-12H2,1-3H3. The van der Waals surface area contributed by atoms with E-state index in [9.17, 15) is 4.79 Å². The van der Waals surface area contributed by atoms with Crippen molar-refractivity contribution < 1.29 is 18.6 Å². The number of hydrogen-bond donors (Lipinski definition) is 0. The van der Waals surface area contributed by atoms with Crippen LogP contribution >= 0.6 is 0 Å². The van der Waals surface area contributed by atoms with Crippen molar-refractivity contribution in [1.82, 2.24) is 0 Å². The fourth-order valence-electron chi connectivity index (χ4n) is 4.54. The minimum atomic E-state index is -0.202. The Hall–Kier alpha value is -3.15. The normalized spacial score (nSPS) is 15.1. The average Bonchev–Trinajstić information content (AvgIpc) is 3.25. The summed E-state index contributed by atoms with van der Waals surface area (Å²) in [5.41, 5.74) is 5.31. The van der Waals surface area contributed by atoms with Crippen molar-refractivity contribution in [3.63, 3.8) is 0 Å². The number of anilines is 1. The quantitative estimate of drug-likeness (QED) is 0.628. The SMILES string of the molecule is COc1ccc(OC)c(N2COc3c(cc4c5c(c(=O)oc4c3C)CCC5)C2)c1. The van der Waals surface area contributed by atoms with Crippen LogP contribution in [0.25, 0.3) is 11.0 Å². The Balaban J connectivity index is 1.63. The molecule has 0 bridgehead atoms. The van der Waals surface area contributed by atoms with Crippen LogP contribution in [0, 0.1) is 6.92 Å². The molecule has 0 atom stereocenters. The fourth-order valence-corrected chi connectivity index (χ4v) is 4.54. The lowest BCUT2D eigenvalue weighted by atomic mass is 9.99. The summed E-state index contributed by atoms with van der Waals surface area (Å²) in [4.78, 5) is 14.5. The maximum absolute atomic E-state index is 12.4. The highest BCUT2D eigenvalue weighted by atomic mass is 16.5. The number of ether oxygens (including phenoxy) is 3. The molecule has 0 fully saturated rings. The van der Waals surface area contributed by atoms with Gasteiger partial charge in [-0.25, -0.2) is 4.79 Å². The minimum Gasteiger partial charge on any atom is -0.497 e. The number of methoxy groups -OCH3 is 2. The predicted octanol–water partition coefficient (Wildman–Crippen LogP) is 3.96. The summed E-state index contributed by atoms with van der Waals surface area (Å²) in [5, 5.41) is 1.04. The van der Waals surface area contributed by atoms with Crippen LogP contribution in [0.3, 0.4) is 0 Å². The molecule has 5 rings (SSSR count). The number of fused-ring (bicyclic) bond motifs is 4. The summed E-state index contributed by atoms with van der Waals surface area (Å²) in [5.74, 6) is 2.33. The van der Waals surface area contributed by atoms with Crippen LogP contribution in [-0.4, -0.2) is 21.0 Å². The van der Waals surface area contributed by atoms with Crippen molar-refractivity contribution in [1.29, 1.82) is 0 Å². The van der Waals surface area contributed by atoms with E-state index in [4.69, 9.17) is 18.6 Å². The average molecular weight is 393 g/mol. The van der Waals surface area contributed by atoms with E-state index in [0.29, 0.717) is 18.9 Å². The van der Waals surface area contributed by atoms with Gasteiger partial charge in [0.25, 0.3) is 0 Å². The second kappa shape index (κ2) is 6.72. The maximum Gasteiger partial charge on any atom is 0.339 e. The molecule has 1 aromatic heterocycles. The van der Waals surface area contributed by atoms with Crippen molar-refractivity contribution in [2.75, 3.05) is 25.9 Å². The molecule has 3 aromatic rings. The van der Waals surface area contributed by atoms with Crippen molar-refractivity contribution in [2.45, 2.75) is 32.7 Å². The van der Waals surface area contributed by atoms with E-state index in [0.717, 1.165) is 69.8 Å². The number of aryl methyl sites for hydroxylation is 2. The summed E-state index contributed by atoms with van der Waals surface area (Å²) in [6, 6.07) is 7.86. The third-order valence-corrected chi connectivity index (χ3v) is 5.97. The number of benzene rings is 2. The van der Waals surface area contributed by atoms with Gasteiger partial charge in [-0.05, 0) is 49.9 Å². The van der Waals surface area contributed by atoms with Crippen LogP contribution in [0.4, 0.5) is 5.69 Å². The van der Waals surface area contributed by atoms with Crippen molar-refractivity contribution in [3.05, 3.63) is 56.9 Å². The van der Waals surface area contributed by atoms with Crippen molar-refractivity contribution in [3.8, 4) is 17.2 Å². The molecule has 2 aliphatic rings. The molecule has 1 aliphatic heterocycles. The highest BCUT2D eigenvalue weighted by Gasteiger charge is 2.27. The van der Waals surface area contributed by atoms with Gasteiger partial charge in [-0.3, -0.25) is 0 Å². The minimum absolute atomic E-state index is 0.202. The summed E-state index contributed by atoms with van der Waals surface area (Å²) in [7, 11) is 3.31. The van der Waals surface area contributed by atoms with Gasteiger partial charge in [0.1, 0.15) is 22.8 Å². The molecule has 150 valence electrons. The van der Waals surface area contributed by atoms with Crippen LogP contribution in [0.5, 0.6) is 17.2 Å². The van der Waals surface area contributed by atoms with Gasteiger partial charge < -0.3 is 23.5 Å². The summed E-state index contributed by atoms with van der Waals surface area (Å²) < 4.78 is 22.8. The van der Waals surface area contributed by atoms with Gasteiger partial charge in [0.15, 0.2) is 6.73 Å². The molecule has 0 radical (unpaired) electrons. The molecule has 6 nitrogen and oxygen atoms in total. The fraction of sp³-hybridized carbons (Fsp3) is 0.348. The Morgan fingerprint density at radius 3 is 2.69 bits per heavy atom. The first-order chi connectivity index (χ1) is 14.1. The van der Waals surface area contributed by atoms with E-state index in [1.807, 2.05) is 25.1 Å². The highest BCUT2D eigenvalue weighted by molar-refractivity contribution is 5.88. The second-order valence-corrected chi connectivity index (χ2v) is 7.58. The van der Waals surface area contributed by atoms with E-state index < -0.39 is 0 Å². The first-order valence-electron chi connectivity index (χ1n) is 9.81. The number of nitrogens with zero attached hydrogens (tertiary/aromatic N) is 1. The molecule has 0 unspecified atom stereocenters. The maximum atomic E-state index is 12.4. The van der Waals surface area contributed by atoms with Crippen LogP contribution in [0.15, 0.2) is 33.5 Å². The van der Waals surface area contributed by atoms with E-state index >= 15 is 0 Å². The van der Waals surface area contributed by atoms with Crippen molar-refractivity contribution in [2.24, 2.45) is 0 Å². The van der Waals surface area contributed by atoms with Crippen LogP contribution in [-0.2, 0) is 19.4 Å². The summed E-state index contributed by atoms with van der Waals surface area (Å²) in [6.07, 6.45) is 2.72. The molecule has 6 heteroatoms. The molecule has 1 aliphatic carbocycles. The lowest BCUT2D eigenvalue weighted by Gasteiger charge is -2.33. The van der Waals surface area contributed by atoms with Crippen LogP contribution < -0.4 is 24.7 Å². The van der Waals surface area contributed by atoms with E-state index in [1.165, 1.54) is 0 Å². The van der Waals surface area contributed by atoms with Crippen LogP contribution in [0.1, 0.15) is 28.7 Å². The Bertz CT molecular complexity index is 1180. The summed E-state index contributed by atoms with van der Waals surface area (Å²) >= 11 is 0. The van der Waals surface area contributed by atoms with Gasteiger partial charge in [0.2, 0.25) is 0 Å². The Labute approximate surface area is 168 Å². The lowest BCUT2D eigenvalue weighted by Crippen LogP contribution is -2.32. The molecule has 0 saturated heterocycles. The molecule has 0 spiro atoms. The van der Waals surface area contributed by atoms with Gasteiger partial charge in [-0.2, -0.15) is 0 Å². The van der Waals surface area contributed by atoms with Crippen molar-refractivity contribution >= 4 is 16.7 Å². The van der Waals surface area contributed by atoms with E-state index in [1.54, 1.807) is 14.2 Å². The predicted molar refractivity (Wildman–Crippen MR) is 110 cm³/mol. The number of hydrogen-bond acceptors (Lipinski definition) is 6. The first kappa shape index (κ1) is 17.9. The van der Waals surface area contributed by atoms with Crippen LogP contribution in [0.2, 0.25) is 0 Å². The Kier molecular flexibility index (Phi) is 4.15. The molecule has 2 heterocycles. The monoisotopic (exact) mass is 393 g/mol. The molecule has 0 amide bonds. The zero-order valence-electron chi connectivity index (χ0n) is 16.8. The first-order valence-corrected chi connectivity index (χ1v) is 9.81. The third-order valence-electron chi connectivity index (χ3n) is 5.97. The van der Waals surface area contributed by atoms with Gasteiger partial charge in [0.05, 0.1) is 26.5 Å². The largest absolute Gasteiger partial charge is 0.497 e. The topological polar surface area (TPSA) is 61.1 Å². The van der Waals surface area contributed by atoms with Gasteiger partial charge in [0, 0.05) is 28.1 Å². The molecule has 0 saturated carbocycles. The van der Waals surface area contributed by atoms with Gasteiger partial charge in [-0.1, -0.05) is 0 Å². The molecule has 29 heavy (non-hydrogen) atoms. The van der Waals surface area contributed by atoms with Gasteiger partial charge in [-0.15, -0.1) is 0 Å². The molecule has 0 N–H and O–H groups in total. The van der Waals surface area contributed by atoms with E-state index in [-0.39, 0.29) is 5.63 Å². The van der Waals surface area contributed by atoms with E-state index in [2.05, 4.69) is 11.0 Å². The molecular formula is C23H23NO5. The molecule has 2 aromatic carbocycles. The number of rotatable bonds is 3. The second-order valence-electron chi connectivity index (χ2n) is 7.58. The lowest BCUT2D eigenvalue weighted by molar-refractivity contribution is 0.285. The summed E-state index contributed by atoms with van der Waals surface area (Å²) in [6.45, 7) is 3.01. The highest BCUT2D eigenvalue weighted by Crippen LogP contribution is 2.41. The molecular weight excluding hydrogens is 370 g/mol. The zero-order valence-corrected chi connectivity index (χ0v) is 16.8. The smallest absolute Gasteiger partial charge is 0.339 e. The third kappa shape index (κ3) is 2.74. The Morgan fingerprint density at radius 1 is 1.07 bits per heavy atom.